The molecule has 142 valence electrons. The summed E-state index contributed by atoms with van der Waals surface area (Å²) in [7, 11) is 3.59. The summed E-state index contributed by atoms with van der Waals surface area (Å²) in [5.74, 6) is 1.37. The van der Waals surface area contributed by atoms with Crippen molar-refractivity contribution < 1.29 is 9.47 Å². The summed E-state index contributed by atoms with van der Waals surface area (Å²) in [4.78, 5) is 0. The second-order valence-electron chi connectivity index (χ2n) is 5.77. The summed E-state index contributed by atoms with van der Waals surface area (Å²) in [5, 5.41) is 7.60. The average Bonchev–Trinajstić information content (AvgIpc) is 2.63. The van der Waals surface area contributed by atoms with E-state index in [1.807, 2.05) is 25.2 Å². The summed E-state index contributed by atoms with van der Waals surface area (Å²) in [5.41, 5.74) is 2.06. The lowest BCUT2D eigenvalue weighted by Gasteiger charge is -2.15. The number of methoxy groups -OCH3 is 1. The van der Waals surface area contributed by atoms with E-state index in [0.29, 0.717) is 28.2 Å². The first-order valence-corrected chi connectivity index (χ1v) is 9.88. The maximum atomic E-state index is 6.05. The number of halogens is 3. The fourth-order valence-electron chi connectivity index (χ4n) is 2.39. The topological polar surface area (TPSA) is 42.5 Å². The van der Waals surface area contributed by atoms with Gasteiger partial charge in [-0.2, -0.15) is 0 Å². The zero-order chi connectivity index (χ0) is 18.9. The highest BCUT2D eigenvalue weighted by molar-refractivity contribution is 9.10. The highest BCUT2D eigenvalue weighted by Gasteiger charge is 2.11. The molecule has 0 atom stereocenters. The molecule has 0 heterocycles. The van der Waals surface area contributed by atoms with Gasteiger partial charge in [-0.15, -0.1) is 0 Å². The molecule has 0 amide bonds. The molecule has 2 rings (SSSR count). The summed E-state index contributed by atoms with van der Waals surface area (Å²) < 4.78 is 12.4. The highest BCUT2D eigenvalue weighted by Crippen LogP contribution is 2.34. The molecule has 0 aromatic heterocycles. The molecule has 0 radical (unpaired) electrons. The first-order valence-electron chi connectivity index (χ1n) is 8.33. The minimum atomic E-state index is 0.376. The Morgan fingerprint density at radius 3 is 2.54 bits per heavy atom. The van der Waals surface area contributed by atoms with Gasteiger partial charge in [-0.25, -0.2) is 0 Å². The van der Waals surface area contributed by atoms with Crippen molar-refractivity contribution in [3.8, 4) is 11.5 Å². The van der Waals surface area contributed by atoms with Crippen LogP contribution in [0, 0.1) is 0 Å². The number of benzene rings is 2. The largest absolute Gasteiger partial charge is 0.493 e. The molecule has 0 bridgehead atoms. The molecule has 0 saturated carbocycles. The van der Waals surface area contributed by atoms with Crippen molar-refractivity contribution in [3.05, 3.63) is 56.0 Å². The van der Waals surface area contributed by atoms with E-state index in [1.165, 1.54) is 0 Å². The van der Waals surface area contributed by atoms with Crippen molar-refractivity contribution in [2.24, 2.45) is 0 Å². The number of nitrogens with one attached hydrogen (secondary N) is 2. The van der Waals surface area contributed by atoms with Gasteiger partial charge in [0.2, 0.25) is 0 Å². The average molecular weight is 462 g/mol. The second-order valence-corrected chi connectivity index (χ2v) is 7.43. The van der Waals surface area contributed by atoms with Crippen LogP contribution in [0.15, 0.2) is 34.8 Å². The lowest BCUT2D eigenvalue weighted by molar-refractivity contribution is 0.284. The van der Waals surface area contributed by atoms with Gasteiger partial charge in [0.1, 0.15) is 6.61 Å². The Bertz CT molecular complexity index is 729. The molecular formula is C19H23BrCl2N2O2. The summed E-state index contributed by atoms with van der Waals surface area (Å²) in [6, 6.07) is 9.37. The SMILES string of the molecule is CNCCCNCc1cc(OC)c(OCc2ccc(Cl)c(Cl)c2)cc1Br. The summed E-state index contributed by atoms with van der Waals surface area (Å²) in [6.45, 7) is 3.08. The van der Waals surface area contributed by atoms with Gasteiger partial charge in [0.15, 0.2) is 11.5 Å². The fraction of sp³-hybridized carbons (Fsp3) is 0.368. The van der Waals surface area contributed by atoms with Gasteiger partial charge < -0.3 is 20.1 Å². The van der Waals surface area contributed by atoms with Crippen molar-refractivity contribution >= 4 is 39.1 Å². The Hall–Kier alpha value is -0.980. The van der Waals surface area contributed by atoms with Gasteiger partial charge in [-0.1, -0.05) is 45.2 Å². The van der Waals surface area contributed by atoms with Crippen LogP contribution in [0.1, 0.15) is 17.5 Å². The zero-order valence-electron chi connectivity index (χ0n) is 14.9. The highest BCUT2D eigenvalue weighted by atomic mass is 79.9. The van der Waals surface area contributed by atoms with Crippen LogP contribution >= 0.6 is 39.1 Å². The Morgan fingerprint density at radius 1 is 1.04 bits per heavy atom. The van der Waals surface area contributed by atoms with Crippen LogP contribution in [0.5, 0.6) is 11.5 Å². The molecule has 0 unspecified atom stereocenters. The molecule has 7 heteroatoms. The first kappa shape index (κ1) is 21.3. The molecule has 0 fully saturated rings. The van der Waals surface area contributed by atoms with Crippen molar-refractivity contribution in [2.45, 2.75) is 19.6 Å². The number of hydrogen-bond donors (Lipinski definition) is 2. The van der Waals surface area contributed by atoms with E-state index in [9.17, 15) is 0 Å². The standard InChI is InChI=1S/C19H23BrCl2N2O2/c1-23-6-3-7-24-11-14-9-18(25-2)19(10-15(14)20)26-12-13-4-5-16(21)17(22)8-13/h4-5,8-10,23-24H,3,6-7,11-12H2,1-2H3. The van der Waals surface area contributed by atoms with Crippen LogP contribution < -0.4 is 20.1 Å². The van der Waals surface area contributed by atoms with Crippen LogP contribution in [0.25, 0.3) is 0 Å². The fourth-order valence-corrected chi connectivity index (χ4v) is 3.17. The van der Waals surface area contributed by atoms with Crippen molar-refractivity contribution in [1.82, 2.24) is 10.6 Å². The molecule has 2 N–H and O–H groups in total. The monoisotopic (exact) mass is 460 g/mol. The molecule has 26 heavy (non-hydrogen) atoms. The maximum Gasteiger partial charge on any atom is 0.162 e. The minimum absolute atomic E-state index is 0.376. The lowest BCUT2D eigenvalue weighted by atomic mass is 10.2. The van der Waals surface area contributed by atoms with E-state index < -0.39 is 0 Å². The summed E-state index contributed by atoms with van der Waals surface area (Å²) >= 11 is 15.6. The smallest absolute Gasteiger partial charge is 0.162 e. The van der Waals surface area contributed by atoms with E-state index in [1.54, 1.807) is 19.2 Å². The van der Waals surface area contributed by atoms with Gasteiger partial charge in [-0.05, 0) is 62.0 Å². The maximum absolute atomic E-state index is 6.05. The van der Waals surface area contributed by atoms with Crippen molar-refractivity contribution in [2.75, 3.05) is 27.2 Å². The van der Waals surface area contributed by atoms with Crippen LogP contribution in [0.4, 0.5) is 0 Å². The van der Waals surface area contributed by atoms with Crippen LogP contribution in [-0.2, 0) is 13.2 Å². The molecular weight excluding hydrogens is 439 g/mol. The Morgan fingerprint density at radius 2 is 1.85 bits per heavy atom. The first-order chi connectivity index (χ1) is 12.5. The molecule has 2 aromatic carbocycles. The van der Waals surface area contributed by atoms with E-state index in [4.69, 9.17) is 32.7 Å². The molecule has 0 spiro atoms. The number of hydrogen-bond acceptors (Lipinski definition) is 4. The van der Waals surface area contributed by atoms with Gasteiger partial charge in [0.05, 0.1) is 17.2 Å². The third-order valence-electron chi connectivity index (χ3n) is 3.81. The Labute approximate surface area is 173 Å². The molecule has 0 aliphatic heterocycles. The molecule has 0 aliphatic carbocycles. The molecule has 2 aromatic rings. The molecule has 4 nitrogen and oxygen atoms in total. The quantitative estimate of drug-likeness (QED) is 0.486. The van der Waals surface area contributed by atoms with Gasteiger partial charge >= 0.3 is 0 Å². The minimum Gasteiger partial charge on any atom is -0.493 e. The lowest BCUT2D eigenvalue weighted by Crippen LogP contribution is -2.19. The van der Waals surface area contributed by atoms with Gasteiger partial charge in [-0.3, -0.25) is 0 Å². The van der Waals surface area contributed by atoms with Gasteiger partial charge in [0, 0.05) is 11.0 Å². The Balaban J connectivity index is 2.01. The predicted octanol–water partition coefficient (Wildman–Crippen LogP) is 5.04. The van der Waals surface area contributed by atoms with Crippen LogP contribution in [-0.4, -0.2) is 27.2 Å². The van der Waals surface area contributed by atoms with Crippen molar-refractivity contribution in [1.29, 1.82) is 0 Å². The third-order valence-corrected chi connectivity index (χ3v) is 5.28. The van der Waals surface area contributed by atoms with Crippen molar-refractivity contribution in [3.63, 3.8) is 0 Å². The number of ether oxygens (including phenoxy) is 2. The summed E-state index contributed by atoms with van der Waals surface area (Å²) in [6.07, 6.45) is 1.08. The van der Waals surface area contributed by atoms with E-state index in [0.717, 1.165) is 41.7 Å². The van der Waals surface area contributed by atoms with Crippen LogP contribution in [0.2, 0.25) is 10.0 Å². The normalized spacial score (nSPS) is 10.8. The second kappa shape index (κ2) is 11.0. The van der Waals surface area contributed by atoms with E-state index in [2.05, 4.69) is 26.6 Å². The van der Waals surface area contributed by atoms with E-state index in [-0.39, 0.29) is 0 Å². The molecule has 0 aliphatic rings. The Kier molecular flexibility index (Phi) is 9.02. The zero-order valence-corrected chi connectivity index (χ0v) is 18.0. The predicted molar refractivity (Wildman–Crippen MR) is 112 cm³/mol. The molecule has 0 saturated heterocycles. The number of rotatable bonds is 10. The van der Waals surface area contributed by atoms with E-state index >= 15 is 0 Å². The van der Waals surface area contributed by atoms with Crippen LogP contribution in [0.3, 0.4) is 0 Å². The van der Waals surface area contributed by atoms with Gasteiger partial charge in [0.25, 0.3) is 0 Å². The third kappa shape index (κ3) is 6.32.